The molecule has 26 heavy (non-hydrogen) atoms. The Labute approximate surface area is 154 Å². The standard InChI is InChI=1S/C19H22N2O4S/c1-16-8-10-18(11-9-16)26(23,24)21-13-5-12-20(14-15-21)19(22)25-17-6-3-2-4-7-17/h2-4,6-11H,5,12-15H2,1H3. The van der Waals surface area contributed by atoms with Crippen molar-refractivity contribution in [3.63, 3.8) is 0 Å². The summed E-state index contributed by atoms with van der Waals surface area (Å²) in [5.74, 6) is 0.478. The Morgan fingerprint density at radius 1 is 0.923 bits per heavy atom. The van der Waals surface area contributed by atoms with Crippen LogP contribution in [0.15, 0.2) is 59.5 Å². The Morgan fingerprint density at radius 2 is 1.62 bits per heavy atom. The van der Waals surface area contributed by atoms with Gasteiger partial charge < -0.3 is 9.64 Å². The summed E-state index contributed by atoms with van der Waals surface area (Å²) < 4.78 is 32.4. The zero-order valence-corrected chi connectivity index (χ0v) is 15.5. The first-order valence-corrected chi connectivity index (χ1v) is 9.99. The second-order valence-electron chi connectivity index (χ2n) is 6.24. The summed E-state index contributed by atoms with van der Waals surface area (Å²) in [6.07, 6.45) is 0.111. The molecule has 0 N–H and O–H groups in total. The molecule has 138 valence electrons. The van der Waals surface area contributed by atoms with Crippen LogP contribution in [0.5, 0.6) is 5.75 Å². The number of ether oxygens (including phenoxy) is 1. The zero-order chi connectivity index (χ0) is 18.6. The van der Waals surface area contributed by atoms with E-state index in [9.17, 15) is 13.2 Å². The van der Waals surface area contributed by atoms with Crippen molar-refractivity contribution in [1.82, 2.24) is 9.21 Å². The highest BCUT2D eigenvalue weighted by atomic mass is 32.2. The van der Waals surface area contributed by atoms with Crippen LogP contribution < -0.4 is 4.74 Å². The number of para-hydroxylation sites is 1. The van der Waals surface area contributed by atoms with Crippen molar-refractivity contribution < 1.29 is 17.9 Å². The number of rotatable bonds is 3. The van der Waals surface area contributed by atoms with Crippen molar-refractivity contribution in [2.24, 2.45) is 0 Å². The zero-order valence-electron chi connectivity index (χ0n) is 14.7. The molecule has 1 fully saturated rings. The average molecular weight is 374 g/mol. The summed E-state index contributed by atoms with van der Waals surface area (Å²) in [6, 6.07) is 15.7. The summed E-state index contributed by atoms with van der Waals surface area (Å²) >= 11 is 0. The van der Waals surface area contributed by atoms with E-state index < -0.39 is 16.1 Å². The van der Waals surface area contributed by atoms with E-state index in [-0.39, 0.29) is 11.4 Å². The fraction of sp³-hybridized carbons (Fsp3) is 0.316. The molecule has 1 amide bonds. The first-order chi connectivity index (χ1) is 12.5. The Bertz CT molecular complexity index is 851. The van der Waals surface area contributed by atoms with Crippen molar-refractivity contribution in [3.8, 4) is 5.75 Å². The first kappa shape index (κ1) is 18.4. The monoisotopic (exact) mass is 374 g/mol. The number of hydrogen-bond donors (Lipinski definition) is 0. The molecule has 0 unspecified atom stereocenters. The molecule has 0 radical (unpaired) electrons. The molecule has 6 nitrogen and oxygen atoms in total. The van der Waals surface area contributed by atoms with Crippen molar-refractivity contribution in [1.29, 1.82) is 0 Å². The molecule has 0 bridgehead atoms. The molecule has 1 saturated heterocycles. The quantitative estimate of drug-likeness (QED) is 0.829. The van der Waals surface area contributed by atoms with Crippen LogP contribution in [0, 0.1) is 6.92 Å². The Balaban J connectivity index is 1.66. The van der Waals surface area contributed by atoms with Gasteiger partial charge in [0.2, 0.25) is 10.0 Å². The molecule has 1 aliphatic heterocycles. The maximum Gasteiger partial charge on any atom is 0.415 e. The van der Waals surface area contributed by atoms with Crippen LogP contribution in [0.2, 0.25) is 0 Å². The van der Waals surface area contributed by atoms with E-state index >= 15 is 0 Å². The highest BCUT2D eigenvalue weighted by molar-refractivity contribution is 7.89. The van der Waals surface area contributed by atoms with Crippen LogP contribution in [0.4, 0.5) is 4.79 Å². The molecule has 1 heterocycles. The van der Waals surface area contributed by atoms with Gasteiger partial charge in [-0.2, -0.15) is 4.31 Å². The predicted molar refractivity (Wildman–Crippen MR) is 98.6 cm³/mol. The van der Waals surface area contributed by atoms with Gasteiger partial charge in [-0.1, -0.05) is 35.9 Å². The minimum absolute atomic E-state index is 0.250. The number of benzene rings is 2. The lowest BCUT2D eigenvalue weighted by Gasteiger charge is -2.21. The number of carbonyl (C=O) groups is 1. The fourth-order valence-corrected chi connectivity index (χ4v) is 4.30. The van der Waals surface area contributed by atoms with Crippen molar-refractivity contribution >= 4 is 16.1 Å². The molecule has 0 atom stereocenters. The highest BCUT2D eigenvalue weighted by Gasteiger charge is 2.28. The lowest BCUT2D eigenvalue weighted by molar-refractivity contribution is 0.154. The molecule has 0 aliphatic carbocycles. The van der Waals surface area contributed by atoms with E-state index in [1.807, 2.05) is 13.0 Å². The van der Waals surface area contributed by atoms with E-state index in [2.05, 4.69) is 0 Å². The van der Waals surface area contributed by atoms with Gasteiger partial charge in [0.05, 0.1) is 4.90 Å². The molecular formula is C19H22N2O4S. The maximum absolute atomic E-state index is 12.8. The van der Waals surface area contributed by atoms with E-state index in [1.165, 1.54) is 4.31 Å². The first-order valence-electron chi connectivity index (χ1n) is 8.55. The third kappa shape index (κ3) is 4.23. The van der Waals surface area contributed by atoms with Gasteiger partial charge in [0.15, 0.2) is 0 Å². The third-order valence-electron chi connectivity index (χ3n) is 4.32. The molecule has 2 aromatic rings. The smallest absolute Gasteiger partial charge is 0.410 e. The van der Waals surface area contributed by atoms with Gasteiger partial charge >= 0.3 is 6.09 Å². The Hall–Kier alpha value is -2.38. The van der Waals surface area contributed by atoms with Crippen molar-refractivity contribution in [2.45, 2.75) is 18.2 Å². The molecule has 0 aromatic heterocycles. The fourth-order valence-electron chi connectivity index (χ4n) is 2.83. The van der Waals surface area contributed by atoms with E-state index in [4.69, 9.17) is 4.74 Å². The number of sulfonamides is 1. The van der Waals surface area contributed by atoms with E-state index in [0.29, 0.717) is 31.8 Å². The van der Waals surface area contributed by atoms with Gasteiger partial charge in [0.25, 0.3) is 0 Å². The van der Waals surface area contributed by atoms with Crippen LogP contribution in [0.3, 0.4) is 0 Å². The molecule has 0 saturated carbocycles. The minimum atomic E-state index is -3.56. The summed E-state index contributed by atoms with van der Waals surface area (Å²) in [5.41, 5.74) is 1.01. The van der Waals surface area contributed by atoms with Gasteiger partial charge in [-0.05, 0) is 37.6 Å². The normalized spacial score (nSPS) is 16.1. The minimum Gasteiger partial charge on any atom is -0.410 e. The van der Waals surface area contributed by atoms with Gasteiger partial charge in [-0.15, -0.1) is 0 Å². The largest absolute Gasteiger partial charge is 0.415 e. The maximum atomic E-state index is 12.8. The SMILES string of the molecule is Cc1ccc(S(=O)(=O)N2CCCN(C(=O)Oc3ccccc3)CC2)cc1. The number of aryl methyl sites for hydroxylation is 1. The Kier molecular flexibility index (Phi) is 5.58. The lowest BCUT2D eigenvalue weighted by Crippen LogP contribution is -2.38. The second-order valence-corrected chi connectivity index (χ2v) is 8.18. The molecule has 1 aliphatic rings. The summed E-state index contributed by atoms with van der Waals surface area (Å²) in [6.45, 7) is 3.31. The highest BCUT2D eigenvalue weighted by Crippen LogP contribution is 2.19. The topological polar surface area (TPSA) is 66.9 Å². The predicted octanol–water partition coefficient (Wildman–Crippen LogP) is 2.89. The number of hydrogen-bond acceptors (Lipinski definition) is 4. The Morgan fingerprint density at radius 3 is 2.31 bits per heavy atom. The van der Waals surface area contributed by atoms with Crippen molar-refractivity contribution in [3.05, 3.63) is 60.2 Å². The van der Waals surface area contributed by atoms with Crippen LogP contribution in [0.1, 0.15) is 12.0 Å². The molecular weight excluding hydrogens is 352 g/mol. The van der Waals surface area contributed by atoms with Crippen LogP contribution in [-0.4, -0.2) is 49.9 Å². The molecule has 2 aromatic carbocycles. The summed E-state index contributed by atoms with van der Waals surface area (Å²) in [7, 11) is -3.56. The van der Waals surface area contributed by atoms with E-state index in [0.717, 1.165) is 5.56 Å². The van der Waals surface area contributed by atoms with Gasteiger partial charge in [0, 0.05) is 26.2 Å². The third-order valence-corrected chi connectivity index (χ3v) is 6.23. The van der Waals surface area contributed by atoms with Gasteiger partial charge in [0.1, 0.15) is 5.75 Å². The summed E-state index contributed by atoms with van der Waals surface area (Å²) in [4.78, 5) is 14.2. The van der Waals surface area contributed by atoms with Gasteiger partial charge in [-0.25, -0.2) is 13.2 Å². The molecule has 3 rings (SSSR count). The van der Waals surface area contributed by atoms with Crippen LogP contribution in [0.25, 0.3) is 0 Å². The van der Waals surface area contributed by atoms with Crippen LogP contribution >= 0.6 is 0 Å². The summed E-state index contributed by atoms with van der Waals surface area (Å²) in [5, 5.41) is 0. The number of amides is 1. The van der Waals surface area contributed by atoms with Crippen LogP contribution in [-0.2, 0) is 10.0 Å². The molecule has 0 spiro atoms. The number of carbonyl (C=O) groups excluding carboxylic acids is 1. The lowest BCUT2D eigenvalue weighted by atomic mass is 10.2. The van der Waals surface area contributed by atoms with Gasteiger partial charge in [-0.3, -0.25) is 0 Å². The molecule has 7 heteroatoms. The second kappa shape index (κ2) is 7.88. The average Bonchev–Trinajstić information content (AvgIpc) is 2.90. The number of nitrogens with zero attached hydrogens (tertiary/aromatic N) is 2. The van der Waals surface area contributed by atoms with E-state index in [1.54, 1.807) is 53.4 Å². The van der Waals surface area contributed by atoms with Crippen molar-refractivity contribution in [2.75, 3.05) is 26.2 Å².